The molecule has 0 aliphatic heterocycles. The molecule has 1 aromatic heterocycles. The highest BCUT2D eigenvalue weighted by atomic mass is 14.9. The van der Waals surface area contributed by atoms with Crippen LogP contribution in [0.1, 0.15) is 64.5 Å². The van der Waals surface area contributed by atoms with Gasteiger partial charge in [0.2, 0.25) is 0 Å². The van der Waals surface area contributed by atoms with Crippen LogP contribution in [0.4, 0.5) is 0 Å². The van der Waals surface area contributed by atoms with E-state index >= 15 is 0 Å². The standard InChI is InChI=1S/C20H28N2/c1-19(2,22-13-18-5-3-4-6-21-18)14-20-10-15-7-16(11-20)9-17(8-15)12-20/h3-6,13,15-17H,7-12,14H2,1-2H3. The molecule has 0 saturated heterocycles. The quantitative estimate of drug-likeness (QED) is 0.726. The summed E-state index contributed by atoms with van der Waals surface area (Å²) in [6, 6.07) is 6.02. The first kappa shape index (κ1) is 14.4. The van der Waals surface area contributed by atoms with Gasteiger partial charge in [-0.25, -0.2) is 0 Å². The normalized spacial score (nSPS) is 37.1. The molecule has 4 saturated carbocycles. The van der Waals surface area contributed by atoms with Gasteiger partial charge in [0.25, 0.3) is 0 Å². The minimum atomic E-state index is 0.0309. The molecule has 0 amide bonds. The van der Waals surface area contributed by atoms with E-state index in [0.29, 0.717) is 5.41 Å². The van der Waals surface area contributed by atoms with Gasteiger partial charge in [0, 0.05) is 12.4 Å². The van der Waals surface area contributed by atoms with Crippen molar-refractivity contribution >= 4 is 6.21 Å². The van der Waals surface area contributed by atoms with Crippen LogP contribution in [0.25, 0.3) is 0 Å². The second kappa shape index (κ2) is 5.18. The molecule has 0 atom stereocenters. The van der Waals surface area contributed by atoms with Crippen molar-refractivity contribution in [2.75, 3.05) is 0 Å². The Hall–Kier alpha value is -1.18. The highest BCUT2D eigenvalue weighted by Gasteiger charge is 2.52. The molecule has 0 radical (unpaired) electrons. The molecule has 2 nitrogen and oxygen atoms in total. The molecule has 1 aromatic rings. The number of aromatic nitrogens is 1. The predicted octanol–water partition coefficient (Wildman–Crippen LogP) is 4.89. The third-order valence-corrected chi connectivity index (χ3v) is 6.21. The summed E-state index contributed by atoms with van der Waals surface area (Å²) in [6.07, 6.45) is 14.1. The Labute approximate surface area is 134 Å². The van der Waals surface area contributed by atoms with Crippen LogP contribution in [-0.2, 0) is 0 Å². The van der Waals surface area contributed by atoms with Crippen molar-refractivity contribution in [3.63, 3.8) is 0 Å². The largest absolute Gasteiger partial charge is 0.285 e. The topological polar surface area (TPSA) is 25.2 Å². The monoisotopic (exact) mass is 296 g/mol. The molecule has 0 N–H and O–H groups in total. The fraction of sp³-hybridized carbons (Fsp3) is 0.700. The summed E-state index contributed by atoms with van der Waals surface area (Å²) < 4.78 is 0. The number of hydrogen-bond donors (Lipinski definition) is 0. The number of pyridine rings is 1. The van der Waals surface area contributed by atoms with E-state index in [9.17, 15) is 0 Å². The molecular weight excluding hydrogens is 268 g/mol. The third-order valence-electron chi connectivity index (χ3n) is 6.21. The van der Waals surface area contributed by atoms with E-state index in [4.69, 9.17) is 4.99 Å². The second-order valence-electron chi connectivity index (χ2n) is 8.92. The Morgan fingerprint density at radius 2 is 1.77 bits per heavy atom. The van der Waals surface area contributed by atoms with E-state index in [2.05, 4.69) is 18.8 Å². The average Bonchev–Trinajstić information content (AvgIpc) is 2.44. The lowest BCUT2D eigenvalue weighted by Gasteiger charge is -2.58. The minimum Gasteiger partial charge on any atom is -0.285 e. The van der Waals surface area contributed by atoms with Crippen molar-refractivity contribution in [2.24, 2.45) is 28.2 Å². The summed E-state index contributed by atoms with van der Waals surface area (Å²) in [5.41, 5.74) is 1.60. The van der Waals surface area contributed by atoms with Crippen LogP contribution in [-0.4, -0.2) is 16.7 Å². The molecule has 118 valence electrons. The molecule has 4 aliphatic rings. The van der Waals surface area contributed by atoms with Crippen molar-refractivity contribution in [3.8, 4) is 0 Å². The number of nitrogens with zero attached hydrogens (tertiary/aromatic N) is 2. The fourth-order valence-electron chi connectivity index (χ4n) is 6.16. The van der Waals surface area contributed by atoms with Gasteiger partial charge in [-0.3, -0.25) is 9.98 Å². The van der Waals surface area contributed by atoms with Gasteiger partial charge in [0.1, 0.15) is 0 Å². The first-order valence-corrected chi connectivity index (χ1v) is 8.98. The minimum absolute atomic E-state index is 0.0309. The smallest absolute Gasteiger partial charge is 0.0808 e. The van der Waals surface area contributed by atoms with E-state index in [1.807, 2.05) is 30.6 Å². The molecule has 4 aliphatic carbocycles. The van der Waals surface area contributed by atoms with Crippen molar-refractivity contribution in [1.82, 2.24) is 4.98 Å². The molecule has 22 heavy (non-hydrogen) atoms. The van der Waals surface area contributed by atoms with Crippen molar-refractivity contribution < 1.29 is 0 Å². The Bertz CT molecular complexity index is 523. The number of hydrogen-bond acceptors (Lipinski definition) is 2. The van der Waals surface area contributed by atoms with Crippen LogP contribution >= 0.6 is 0 Å². The molecule has 4 bridgehead atoms. The lowest BCUT2D eigenvalue weighted by Crippen LogP contribution is -2.48. The van der Waals surface area contributed by atoms with Gasteiger partial charge in [-0.15, -0.1) is 0 Å². The van der Waals surface area contributed by atoms with Gasteiger partial charge in [0.05, 0.1) is 11.2 Å². The summed E-state index contributed by atoms with van der Waals surface area (Å²) in [5, 5.41) is 0. The molecule has 0 aromatic carbocycles. The molecular formula is C20H28N2. The van der Waals surface area contributed by atoms with Crippen LogP contribution in [0.3, 0.4) is 0 Å². The van der Waals surface area contributed by atoms with Gasteiger partial charge >= 0.3 is 0 Å². The van der Waals surface area contributed by atoms with E-state index < -0.39 is 0 Å². The van der Waals surface area contributed by atoms with E-state index in [1.54, 1.807) is 0 Å². The van der Waals surface area contributed by atoms with Gasteiger partial charge in [-0.2, -0.15) is 0 Å². The van der Waals surface area contributed by atoms with Crippen molar-refractivity contribution in [2.45, 2.75) is 64.3 Å². The molecule has 5 rings (SSSR count). The van der Waals surface area contributed by atoms with Crippen LogP contribution in [0.15, 0.2) is 29.4 Å². The molecule has 4 fully saturated rings. The van der Waals surface area contributed by atoms with Crippen molar-refractivity contribution in [3.05, 3.63) is 30.1 Å². The number of rotatable bonds is 4. The van der Waals surface area contributed by atoms with E-state index in [0.717, 1.165) is 23.4 Å². The van der Waals surface area contributed by atoms with Crippen LogP contribution in [0, 0.1) is 23.2 Å². The molecule has 1 heterocycles. The summed E-state index contributed by atoms with van der Waals surface area (Å²) in [7, 11) is 0. The first-order valence-electron chi connectivity index (χ1n) is 8.98. The first-order chi connectivity index (χ1) is 10.5. The lowest BCUT2D eigenvalue weighted by atomic mass is 9.48. The van der Waals surface area contributed by atoms with Crippen LogP contribution in [0.2, 0.25) is 0 Å². The fourth-order valence-corrected chi connectivity index (χ4v) is 6.16. The van der Waals surface area contributed by atoms with Gasteiger partial charge in [-0.1, -0.05) is 6.07 Å². The Kier molecular flexibility index (Phi) is 3.39. The van der Waals surface area contributed by atoms with Crippen LogP contribution < -0.4 is 0 Å². The summed E-state index contributed by atoms with van der Waals surface area (Å²) in [4.78, 5) is 9.27. The Balaban J connectivity index is 1.49. The number of aliphatic imine (C=N–C) groups is 1. The Morgan fingerprint density at radius 3 is 2.32 bits per heavy atom. The Morgan fingerprint density at radius 1 is 1.14 bits per heavy atom. The van der Waals surface area contributed by atoms with E-state index in [-0.39, 0.29) is 5.54 Å². The van der Waals surface area contributed by atoms with Gasteiger partial charge in [-0.05, 0) is 94.1 Å². The van der Waals surface area contributed by atoms with Crippen LogP contribution in [0.5, 0.6) is 0 Å². The summed E-state index contributed by atoms with van der Waals surface area (Å²) in [6.45, 7) is 4.62. The highest BCUT2D eigenvalue weighted by molar-refractivity contribution is 5.77. The maximum Gasteiger partial charge on any atom is 0.0808 e. The summed E-state index contributed by atoms with van der Waals surface area (Å²) >= 11 is 0. The zero-order valence-corrected chi connectivity index (χ0v) is 14.0. The maximum atomic E-state index is 4.91. The van der Waals surface area contributed by atoms with E-state index in [1.165, 1.54) is 44.9 Å². The molecule has 0 unspecified atom stereocenters. The lowest BCUT2D eigenvalue weighted by molar-refractivity contribution is -0.0653. The highest BCUT2D eigenvalue weighted by Crippen LogP contribution is 2.62. The zero-order chi connectivity index (χ0) is 15.2. The third kappa shape index (κ3) is 2.85. The van der Waals surface area contributed by atoms with Crippen molar-refractivity contribution in [1.29, 1.82) is 0 Å². The SMILES string of the molecule is CC(C)(CC12CC3CC(CC(C3)C1)C2)N=Cc1ccccn1. The van der Waals surface area contributed by atoms with Gasteiger partial charge < -0.3 is 0 Å². The average molecular weight is 296 g/mol. The molecule has 0 spiro atoms. The molecule has 2 heteroatoms. The maximum absolute atomic E-state index is 4.91. The predicted molar refractivity (Wildman–Crippen MR) is 91.1 cm³/mol. The zero-order valence-electron chi connectivity index (χ0n) is 14.0. The van der Waals surface area contributed by atoms with Gasteiger partial charge in [0.15, 0.2) is 0 Å². The second-order valence-corrected chi connectivity index (χ2v) is 8.92. The summed E-state index contributed by atoms with van der Waals surface area (Å²) in [5.74, 6) is 3.09.